The van der Waals surface area contributed by atoms with Crippen molar-refractivity contribution in [3.05, 3.63) is 30.0 Å². The molecule has 2 rings (SSSR count). The Morgan fingerprint density at radius 1 is 1.53 bits per heavy atom. The molecule has 0 aliphatic heterocycles. The van der Waals surface area contributed by atoms with Crippen molar-refractivity contribution in [2.75, 3.05) is 6.61 Å². The predicted octanol–water partition coefficient (Wildman–Crippen LogP) is 1.35. The van der Waals surface area contributed by atoms with Crippen molar-refractivity contribution < 1.29 is 9.53 Å². The Labute approximate surface area is 98.1 Å². The van der Waals surface area contributed by atoms with Gasteiger partial charge in [-0.25, -0.2) is 19.7 Å². The maximum atomic E-state index is 11.6. The topological polar surface area (TPSA) is 80.8 Å². The fourth-order valence-corrected chi connectivity index (χ4v) is 1.41. The molecule has 17 heavy (non-hydrogen) atoms. The molecule has 6 heteroatoms. The molecular weight excluding hydrogens is 220 g/mol. The number of H-pyrrole nitrogens is 1. The van der Waals surface area contributed by atoms with E-state index in [9.17, 15) is 4.79 Å². The minimum absolute atomic E-state index is 0.292. The lowest BCUT2D eigenvalue weighted by atomic mass is 10.3. The summed E-state index contributed by atoms with van der Waals surface area (Å²) < 4.78 is 4.90. The van der Waals surface area contributed by atoms with Crippen molar-refractivity contribution >= 4 is 5.97 Å². The van der Waals surface area contributed by atoms with Gasteiger partial charge in [-0.15, -0.1) is 0 Å². The largest absolute Gasteiger partial charge is 0.461 e. The van der Waals surface area contributed by atoms with E-state index in [1.807, 2.05) is 0 Å². The highest BCUT2D eigenvalue weighted by Gasteiger charge is 2.16. The van der Waals surface area contributed by atoms with Crippen LogP contribution >= 0.6 is 0 Å². The number of nitrogens with one attached hydrogen (secondary N) is 1. The van der Waals surface area contributed by atoms with Crippen LogP contribution in [0.1, 0.15) is 23.1 Å². The summed E-state index contributed by atoms with van der Waals surface area (Å²) in [4.78, 5) is 26.6. The monoisotopic (exact) mass is 232 g/mol. The molecule has 2 aromatic rings. The van der Waals surface area contributed by atoms with Crippen molar-refractivity contribution in [2.24, 2.45) is 0 Å². The lowest BCUT2D eigenvalue weighted by Gasteiger charge is -1.97. The maximum Gasteiger partial charge on any atom is 0.358 e. The third-order valence-corrected chi connectivity index (χ3v) is 2.18. The summed E-state index contributed by atoms with van der Waals surface area (Å²) in [7, 11) is 0. The highest BCUT2D eigenvalue weighted by molar-refractivity contribution is 5.89. The maximum absolute atomic E-state index is 11.6. The molecule has 0 saturated carbocycles. The molecule has 0 aliphatic carbocycles. The van der Waals surface area contributed by atoms with Gasteiger partial charge in [-0.3, -0.25) is 0 Å². The van der Waals surface area contributed by atoms with E-state index in [0.717, 1.165) is 0 Å². The van der Waals surface area contributed by atoms with E-state index in [1.165, 1.54) is 6.33 Å². The van der Waals surface area contributed by atoms with Crippen LogP contribution in [0.25, 0.3) is 11.5 Å². The quantitative estimate of drug-likeness (QED) is 0.808. The summed E-state index contributed by atoms with van der Waals surface area (Å²) in [6.07, 6.45) is 3.04. The number of carbonyl (C=O) groups is 1. The van der Waals surface area contributed by atoms with E-state index in [1.54, 1.807) is 26.1 Å². The standard InChI is InChI=1S/C11H12N4O2/c1-3-17-11(16)9-7(2)14-10(15-9)8-4-5-12-6-13-8/h4-6H,3H2,1-2H3,(H,14,15). The number of carbonyl (C=O) groups excluding carboxylic acids is 1. The zero-order valence-electron chi connectivity index (χ0n) is 9.60. The lowest BCUT2D eigenvalue weighted by Crippen LogP contribution is -2.06. The van der Waals surface area contributed by atoms with Gasteiger partial charge in [-0.05, 0) is 19.9 Å². The van der Waals surface area contributed by atoms with Crippen molar-refractivity contribution in [2.45, 2.75) is 13.8 Å². The molecule has 0 bridgehead atoms. The average Bonchev–Trinajstić information content (AvgIpc) is 2.73. The lowest BCUT2D eigenvalue weighted by molar-refractivity contribution is 0.0519. The number of nitrogens with zero attached hydrogens (tertiary/aromatic N) is 3. The number of aryl methyl sites for hydroxylation is 1. The van der Waals surface area contributed by atoms with Gasteiger partial charge in [-0.2, -0.15) is 0 Å². The number of ether oxygens (including phenoxy) is 1. The molecule has 0 amide bonds. The first-order valence-corrected chi connectivity index (χ1v) is 5.22. The van der Waals surface area contributed by atoms with Crippen LogP contribution in [-0.2, 0) is 4.74 Å². The molecule has 0 aliphatic rings. The molecule has 0 saturated heterocycles. The Kier molecular flexibility index (Phi) is 3.13. The first kappa shape index (κ1) is 11.3. The Morgan fingerprint density at radius 3 is 3.00 bits per heavy atom. The molecule has 0 aromatic carbocycles. The zero-order chi connectivity index (χ0) is 12.3. The second-order valence-electron chi connectivity index (χ2n) is 3.37. The number of hydrogen-bond donors (Lipinski definition) is 1. The number of imidazole rings is 1. The Balaban J connectivity index is 2.34. The number of esters is 1. The molecule has 88 valence electrons. The first-order chi connectivity index (χ1) is 8.22. The van der Waals surface area contributed by atoms with Crippen LogP contribution in [0.3, 0.4) is 0 Å². The van der Waals surface area contributed by atoms with Gasteiger partial charge in [0.15, 0.2) is 11.5 Å². The predicted molar refractivity (Wildman–Crippen MR) is 60.3 cm³/mol. The van der Waals surface area contributed by atoms with E-state index >= 15 is 0 Å². The van der Waals surface area contributed by atoms with E-state index in [-0.39, 0.29) is 0 Å². The minimum atomic E-state index is -0.429. The van der Waals surface area contributed by atoms with Gasteiger partial charge in [0.2, 0.25) is 0 Å². The van der Waals surface area contributed by atoms with Crippen LogP contribution in [-0.4, -0.2) is 32.5 Å². The molecule has 0 unspecified atom stereocenters. The number of aromatic amines is 1. The zero-order valence-corrected chi connectivity index (χ0v) is 9.60. The van der Waals surface area contributed by atoms with Crippen LogP contribution in [0, 0.1) is 6.92 Å². The average molecular weight is 232 g/mol. The normalized spacial score (nSPS) is 10.2. The van der Waals surface area contributed by atoms with Gasteiger partial charge in [-0.1, -0.05) is 0 Å². The highest BCUT2D eigenvalue weighted by Crippen LogP contribution is 2.15. The van der Waals surface area contributed by atoms with Crippen LogP contribution in [0.4, 0.5) is 0 Å². The Bertz CT molecular complexity index is 522. The van der Waals surface area contributed by atoms with Gasteiger partial charge in [0.1, 0.15) is 12.0 Å². The van der Waals surface area contributed by atoms with Gasteiger partial charge in [0.05, 0.1) is 6.61 Å². The molecule has 6 nitrogen and oxygen atoms in total. The molecule has 0 spiro atoms. The Morgan fingerprint density at radius 2 is 2.35 bits per heavy atom. The van der Waals surface area contributed by atoms with Gasteiger partial charge >= 0.3 is 5.97 Å². The first-order valence-electron chi connectivity index (χ1n) is 5.22. The number of hydrogen-bond acceptors (Lipinski definition) is 5. The molecule has 1 N–H and O–H groups in total. The summed E-state index contributed by atoms with van der Waals surface area (Å²) in [5.74, 6) is 0.106. The van der Waals surface area contributed by atoms with E-state index in [2.05, 4.69) is 19.9 Å². The second kappa shape index (κ2) is 4.73. The molecule has 2 heterocycles. The van der Waals surface area contributed by atoms with Crippen LogP contribution < -0.4 is 0 Å². The van der Waals surface area contributed by atoms with Crippen molar-refractivity contribution in [3.63, 3.8) is 0 Å². The third kappa shape index (κ3) is 2.30. The summed E-state index contributed by atoms with van der Waals surface area (Å²) >= 11 is 0. The molecule has 0 radical (unpaired) electrons. The fraction of sp³-hybridized carbons (Fsp3) is 0.273. The van der Waals surface area contributed by atoms with Gasteiger partial charge < -0.3 is 9.72 Å². The van der Waals surface area contributed by atoms with Crippen LogP contribution in [0.5, 0.6) is 0 Å². The van der Waals surface area contributed by atoms with E-state index < -0.39 is 5.97 Å². The summed E-state index contributed by atoms with van der Waals surface area (Å²) in [6, 6.07) is 1.72. The smallest absolute Gasteiger partial charge is 0.358 e. The third-order valence-electron chi connectivity index (χ3n) is 2.18. The van der Waals surface area contributed by atoms with Crippen molar-refractivity contribution in [1.82, 2.24) is 19.9 Å². The molecule has 0 atom stereocenters. The highest BCUT2D eigenvalue weighted by atomic mass is 16.5. The summed E-state index contributed by atoms with van der Waals surface area (Å²) in [6.45, 7) is 3.85. The summed E-state index contributed by atoms with van der Waals surface area (Å²) in [5.41, 5.74) is 1.59. The molecule has 2 aromatic heterocycles. The molecular formula is C11H12N4O2. The van der Waals surface area contributed by atoms with E-state index in [0.29, 0.717) is 29.5 Å². The number of aromatic nitrogens is 4. The van der Waals surface area contributed by atoms with E-state index in [4.69, 9.17) is 4.74 Å². The van der Waals surface area contributed by atoms with Crippen LogP contribution in [0.2, 0.25) is 0 Å². The number of rotatable bonds is 3. The SMILES string of the molecule is CCOC(=O)c1nc(-c2ccncn2)[nH]c1C. The molecule has 0 fully saturated rings. The van der Waals surface area contributed by atoms with Crippen molar-refractivity contribution in [3.8, 4) is 11.5 Å². The van der Waals surface area contributed by atoms with Gasteiger partial charge in [0.25, 0.3) is 0 Å². The fourth-order valence-electron chi connectivity index (χ4n) is 1.41. The van der Waals surface area contributed by atoms with Crippen molar-refractivity contribution in [1.29, 1.82) is 0 Å². The van der Waals surface area contributed by atoms with Gasteiger partial charge in [0, 0.05) is 11.9 Å². The minimum Gasteiger partial charge on any atom is -0.461 e. The Hall–Kier alpha value is -2.24. The van der Waals surface area contributed by atoms with Crippen LogP contribution in [0.15, 0.2) is 18.6 Å². The summed E-state index contributed by atoms with van der Waals surface area (Å²) in [5, 5.41) is 0. The second-order valence-corrected chi connectivity index (χ2v) is 3.37.